The minimum atomic E-state index is -0.0546. The van der Waals surface area contributed by atoms with Crippen molar-refractivity contribution in [2.45, 2.75) is 38.7 Å². The van der Waals surface area contributed by atoms with Crippen LogP contribution in [0.25, 0.3) is 0 Å². The Morgan fingerprint density at radius 1 is 1.27 bits per heavy atom. The van der Waals surface area contributed by atoms with Crippen LogP contribution in [0.15, 0.2) is 42.6 Å². The molecule has 1 aliphatic rings. The quantitative estimate of drug-likeness (QED) is 0.713. The van der Waals surface area contributed by atoms with Crippen molar-refractivity contribution in [1.29, 1.82) is 0 Å². The second-order valence-electron chi connectivity index (χ2n) is 6.42. The smallest absolute Gasteiger partial charge is 0.253 e. The van der Waals surface area contributed by atoms with E-state index in [0.717, 1.165) is 38.0 Å². The standard InChI is InChI=1S/C20H25N3O3/c1-2-3-14-25-17-10-8-16(9-11-17)20(24)23-13-5-6-18(15-23)26-19-7-4-12-21-22-19/h4,7-12,18H,2-3,5-6,13-15H2,1H3. The molecule has 2 heterocycles. The second-order valence-corrected chi connectivity index (χ2v) is 6.42. The van der Waals surface area contributed by atoms with E-state index in [1.807, 2.05) is 29.2 Å². The number of ether oxygens (including phenoxy) is 2. The molecule has 1 fully saturated rings. The Morgan fingerprint density at radius 3 is 2.85 bits per heavy atom. The molecule has 1 atom stereocenters. The molecule has 138 valence electrons. The molecule has 0 saturated carbocycles. The third-order valence-electron chi connectivity index (χ3n) is 4.37. The Bertz CT molecular complexity index is 691. The van der Waals surface area contributed by atoms with E-state index in [4.69, 9.17) is 9.47 Å². The third kappa shape index (κ3) is 4.94. The number of likely N-dealkylation sites (tertiary alicyclic amines) is 1. The van der Waals surface area contributed by atoms with Gasteiger partial charge in [-0.1, -0.05) is 13.3 Å². The van der Waals surface area contributed by atoms with Crippen LogP contribution in [0.2, 0.25) is 0 Å². The normalized spacial score (nSPS) is 17.0. The van der Waals surface area contributed by atoms with Crippen LogP contribution in [-0.2, 0) is 0 Å². The first-order valence-electron chi connectivity index (χ1n) is 9.22. The average molecular weight is 355 g/mol. The van der Waals surface area contributed by atoms with E-state index >= 15 is 0 Å². The van der Waals surface area contributed by atoms with Crippen molar-refractivity contribution in [3.05, 3.63) is 48.2 Å². The van der Waals surface area contributed by atoms with Gasteiger partial charge in [0.05, 0.1) is 13.2 Å². The highest BCUT2D eigenvalue weighted by molar-refractivity contribution is 5.94. The van der Waals surface area contributed by atoms with Crippen molar-refractivity contribution >= 4 is 5.91 Å². The van der Waals surface area contributed by atoms with Gasteiger partial charge in [-0.05, 0) is 49.6 Å². The minimum Gasteiger partial charge on any atom is -0.494 e. The van der Waals surface area contributed by atoms with E-state index in [-0.39, 0.29) is 12.0 Å². The molecule has 1 saturated heterocycles. The van der Waals surface area contributed by atoms with Crippen LogP contribution in [0, 0.1) is 0 Å². The maximum Gasteiger partial charge on any atom is 0.253 e. The summed E-state index contributed by atoms with van der Waals surface area (Å²) in [4.78, 5) is 14.6. The van der Waals surface area contributed by atoms with Crippen LogP contribution >= 0.6 is 0 Å². The maximum absolute atomic E-state index is 12.8. The van der Waals surface area contributed by atoms with Crippen LogP contribution in [-0.4, -0.2) is 46.8 Å². The number of unbranched alkanes of at least 4 members (excludes halogenated alkanes) is 1. The summed E-state index contributed by atoms with van der Waals surface area (Å²) in [7, 11) is 0. The number of hydrogen-bond donors (Lipinski definition) is 0. The van der Waals surface area contributed by atoms with Gasteiger partial charge in [-0.25, -0.2) is 0 Å². The lowest BCUT2D eigenvalue weighted by Gasteiger charge is -2.32. The number of hydrogen-bond acceptors (Lipinski definition) is 5. The molecule has 2 aromatic rings. The highest BCUT2D eigenvalue weighted by Gasteiger charge is 2.26. The molecule has 6 nitrogen and oxygen atoms in total. The minimum absolute atomic E-state index is 0.0255. The maximum atomic E-state index is 12.8. The van der Waals surface area contributed by atoms with Gasteiger partial charge in [0.15, 0.2) is 0 Å². The highest BCUT2D eigenvalue weighted by atomic mass is 16.5. The molecule has 1 aromatic carbocycles. The fraction of sp³-hybridized carbons (Fsp3) is 0.450. The Morgan fingerprint density at radius 2 is 2.12 bits per heavy atom. The summed E-state index contributed by atoms with van der Waals surface area (Å²) >= 11 is 0. The first-order chi connectivity index (χ1) is 12.8. The topological polar surface area (TPSA) is 64.5 Å². The lowest BCUT2D eigenvalue weighted by Crippen LogP contribution is -2.44. The van der Waals surface area contributed by atoms with Gasteiger partial charge in [0.1, 0.15) is 11.9 Å². The second kappa shape index (κ2) is 9.17. The molecule has 6 heteroatoms. The first kappa shape index (κ1) is 18.2. The SMILES string of the molecule is CCCCOc1ccc(C(=O)N2CCCC(Oc3cccnn3)C2)cc1. The number of carbonyl (C=O) groups is 1. The fourth-order valence-corrected chi connectivity index (χ4v) is 2.95. The molecule has 1 unspecified atom stereocenters. The Kier molecular flexibility index (Phi) is 6.41. The van der Waals surface area contributed by atoms with Crippen molar-refractivity contribution in [1.82, 2.24) is 15.1 Å². The zero-order valence-electron chi connectivity index (χ0n) is 15.1. The number of piperidine rings is 1. The van der Waals surface area contributed by atoms with Gasteiger partial charge in [0.2, 0.25) is 5.88 Å². The molecule has 26 heavy (non-hydrogen) atoms. The molecular formula is C20H25N3O3. The summed E-state index contributed by atoms with van der Waals surface area (Å²) < 4.78 is 11.5. The molecule has 0 spiro atoms. The molecule has 1 amide bonds. The Hall–Kier alpha value is -2.63. The van der Waals surface area contributed by atoms with E-state index < -0.39 is 0 Å². The number of nitrogens with zero attached hydrogens (tertiary/aromatic N) is 3. The summed E-state index contributed by atoms with van der Waals surface area (Å²) in [6.45, 7) is 4.14. The summed E-state index contributed by atoms with van der Waals surface area (Å²) in [5, 5.41) is 7.77. The zero-order valence-corrected chi connectivity index (χ0v) is 15.1. The summed E-state index contributed by atoms with van der Waals surface area (Å²) in [6, 6.07) is 11.0. The van der Waals surface area contributed by atoms with Crippen molar-refractivity contribution in [3.8, 4) is 11.6 Å². The van der Waals surface area contributed by atoms with Crippen LogP contribution < -0.4 is 9.47 Å². The van der Waals surface area contributed by atoms with Crippen LogP contribution in [0.5, 0.6) is 11.6 Å². The zero-order chi connectivity index (χ0) is 18.2. The van der Waals surface area contributed by atoms with Crippen molar-refractivity contribution in [2.75, 3.05) is 19.7 Å². The monoisotopic (exact) mass is 355 g/mol. The molecule has 0 N–H and O–H groups in total. The van der Waals surface area contributed by atoms with Crippen molar-refractivity contribution in [3.63, 3.8) is 0 Å². The van der Waals surface area contributed by atoms with Crippen LogP contribution in [0.1, 0.15) is 43.0 Å². The number of carbonyl (C=O) groups excluding carboxylic acids is 1. The van der Waals surface area contributed by atoms with Crippen molar-refractivity contribution in [2.24, 2.45) is 0 Å². The number of rotatable bonds is 7. The fourth-order valence-electron chi connectivity index (χ4n) is 2.95. The van der Waals surface area contributed by atoms with Crippen LogP contribution in [0.3, 0.4) is 0 Å². The number of aromatic nitrogens is 2. The van der Waals surface area contributed by atoms with E-state index in [2.05, 4.69) is 17.1 Å². The Balaban J connectivity index is 1.56. The third-order valence-corrected chi connectivity index (χ3v) is 4.37. The summed E-state index contributed by atoms with van der Waals surface area (Å²) in [6.07, 6.45) is 5.50. The van der Waals surface area contributed by atoms with Crippen molar-refractivity contribution < 1.29 is 14.3 Å². The Labute approximate surface area is 154 Å². The van der Waals surface area contributed by atoms with Gasteiger partial charge in [-0.2, -0.15) is 5.10 Å². The number of benzene rings is 1. The van der Waals surface area contributed by atoms with E-state index in [9.17, 15) is 4.79 Å². The summed E-state index contributed by atoms with van der Waals surface area (Å²) in [5.41, 5.74) is 0.674. The van der Waals surface area contributed by atoms with E-state index in [1.54, 1.807) is 18.3 Å². The molecule has 0 radical (unpaired) electrons. The largest absolute Gasteiger partial charge is 0.494 e. The van der Waals surface area contributed by atoms with Gasteiger partial charge >= 0.3 is 0 Å². The molecule has 1 aromatic heterocycles. The molecule has 0 aliphatic carbocycles. The lowest BCUT2D eigenvalue weighted by atomic mass is 10.1. The van der Waals surface area contributed by atoms with Gasteiger partial charge in [0.25, 0.3) is 5.91 Å². The van der Waals surface area contributed by atoms with Gasteiger partial charge in [0, 0.05) is 24.4 Å². The molecular weight excluding hydrogens is 330 g/mol. The number of amides is 1. The van der Waals surface area contributed by atoms with Crippen LogP contribution in [0.4, 0.5) is 0 Å². The van der Waals surface area contributed by atoms with Gasteiger partial charge in [-0.3, -0.25) is 4.79 Å². The summed E-state index contributed by atoms with van der Waals surface area (Å²) in [5.74, 6) is 1.33. The molecule has 0 bridgehead atoms. The van der Waals surface area contributed by atoms with E-state index in [0.29, 0.717) is 24.6 Å². The lowest BCUT2D eigenvalue weighted by molar-refractivity contribution is 0.0525. The first-order valence-corrected chi connectivity index (χ1v) is 9.22. The molecule has 1 aliphatic heterocycles. The average Bonchev–Trinajstić information content (AvgIpc) is 2.69. The highest BCUT2D eigenvalue weighted by Crippen LogP contribution is 2.19. The van der Waals surface area contributed by atoms with Gasteiger partial charge in [-0.15, -0.1) is 5.10 Å². The molecule has 3 rings (SSSR count). The van der Waals surface area contributed by atoms with E-state index in [1.165, 1.54) is 0 Å². The predicted octanol–water partition coefficient (Wildman–Crippen LogP) is 3.34. The predicted molar refractivity (Wildman–Crippen MR) is 98.4 cm³/mol. The van der Waals surface area contributed by atoms with Gasteiger partial charge < -0.3 is 14.4 Å².